The minimum absolute atomic E-state index is 0.108. The fraction of sp³-hybridized carbons (Fsp3) is 0.375. The first-order valence-electron chi connectivity index (χ1n) is 11.3. The summed E-state index contributed by atoms with van der Waals surface area (Å²) in [4.78, 5) is 41.3. The topological polar surface area (TPSA) is 107 Å². The zero-order chi connectivity index (χ0) is 25.4. The second-order valence-electron chi connectivity index (χ2n) is 8.69. The van der Waals surface area contributed by atoms with Crippen LogP contribution >= 0.6 is 0 Å². The smallest absolute Gasteiger partial charge is 0.325 e. The van der Waals surface area contributed by atoms with Crippen LogP contribution in [0.4, 0.5) is 9.18 Å². The highest BCUT2D eigenvalue weighted by Gasteiger charge is 2.52. The number of nitrogens with zero attached hydrogens (tertiary/aromatic N) is 3. The van der Waals surface area contributed by atoms with E-state index < -0.39 is 45.8 Å². The highest BCUT2D eigenvalue weighted by molar-refractivity contribution is 7.89. The van der Waals surface area contributed by atoms with Crippen LogP contribution in [0.1, 0.15) is 24.5 Å². The Hall–Kier alpha value is -3.31. The number of rotatable bonds is 6. The number of amides is 4. The predicted octanol–water partition coefficient (Wildman–Crippen LogP) is 1.82. The second-order valence-corrected chi connectivity index (χ2v) is 10.6. The van der Waals surface area contributed by atoms with E-state index in [1.54, 1.807) is 31.2 Å². The maximum Gasteiger partial charge on any atom is 0.325 e. The number of sulfonamides is 1. The maximum absolute atomic E-state index is 13.4. The van der Waals surface area contributed by atoms with Gasteiger partial charge in [-0.25, -0.2) is 17.6 Å². The van der Waals surface area contributed by atoms with Crippen LogP contribution in [0, 0.1) is 12.7 Å². The molecule has 0 radical (unpaired) electrons. The summed E-state index contributed by atoms with van der Waals surface area (Å²) >= 11 is 0. The van der Waals surface area contributed by atoms with E-state index >= 15 is 0 Å². The molecule has 35 heavy (non-hydrogen) atoms. The quantitative estimate of drug-likeness (QED) is 0.607. The standard InChI is InChI=1S/C24H27FN4O5S/c1-3-24(18-6-8-19(25)9-7-18)22(31)29(23(32)26-24)16-21(30)27-12-14-28(15-13-27)35(33,34)20-10-4-17(2)5-11-20/h4-11H,3,12-16H2,1-2H3,(H,26,32)/t24-/m0/s1. The van der Waals surface area contributed by atoms with Crippen molar-refractivity contribution in [1.82, 2.24) is 19.4 Å². The number of carbonyl (C=O) groups is 3. The van der Waals surface area contributed by atoms with Crippen molar-refractivity contribution in [1.29, 1.82) is 0 Å². The fourth-order valence-corrected chi connectivity index (χ4v) is 5.84. The molecule has 0 saturated carbocycles. The Morgan fingerprint density at radius 3 is 2.17 bits per heavy atom. The van der Waals surface area contributed by atoms with Crippen molar-refractivity contribution < 1.29 is 27.2 Å². The minimum atomic E-state index is -3.68. The monoisotopic (exact) mass is 502 g/mol. The largest absolute Gasteiger partial charge is 0.338 e. The molecule has 2 saturated heterocycles. The SMILES string of the molecule is CC[C@@]1(c2ccc(F)cc2)NC(=O)N(CC(=O)N2CCN(S(=O)(=O)c3ccc(C)cc3)CC2)C1=O. The van der Waals surface area contributed by atoms with E-state index in [1.165, 1.54) is 33.5 Å². The van der Waals surface area contributed by atoms with E-state index in [9.17, 15) is 27.2 Å². The van der Waals surface area contributed by atoms with Crippen molar-refractivity contribution >= 4 is 27.9 Å². The summed E-state index contributed by atoms with van der Waals surface area (Å²) in [6.07, 6.45) is 0.226. The van der Waals surface area contributed by atoms with Crippen molar-refractivity contribution in [2.45, 2.75) is 30.7 Å². The number of aryl methyl sites for hydroxylation is 1. The van der Waals surface area contributed by atoms with Crippen molar-refractivity contribution in [2.75, 3.05) is 32.7 Å². The van der Waals surface area contributed by atoms with Gasteiger partial charge in [0, 0.05) is 26.2 Å². The van der Waals surface area contributed by atoms with Gasteiger partial charge in [0.05, 0.1) is 4.90 Å². The van der Waals surface area contributed by atoms with Crippen molar-refractivity contribution in [3.05, 3.63) is 65.5 Å². The molecular formula is C24H27FN4O5S. The maximum atomic E-state index is 13.4. The van der Waals surface area contributed by atoms with Gasteiger partial charge in [-0.3, -0.25) is 14.5 Å². The third-order valence-electron chi connectivity index (χ3n) is 6.59. The zero-order valence-corrected chi connectivity index (χ0v) is 20.3. The van der Waals surface area contributed by atoms with Gasteiger partial charge in [0.15, 0.2) is 0 Å². The van der Waals surface area contributed by atoms with Crippen LogP contribution in [-0.2, 0) is 25.2 Å². The van der Waals surface area contributed by atoms with Gasteiger partial charge >= 0.3 is 6.03 Å². The Kier molecular flexibility index (Phi) is 6.65. The molecule has 11 heteroatoms. The van der Waals surface area contributed by atoms with Crippen LogP contribution in [0.5, 0.6) is 0 Å². The number of benzene rings is 2. The van der Waals surface area contributed by atoms with Crippen LogP contribution in [0.2, 0.25) is 0 Å². The fourth-order valence-electron chi connectivity index (χ4n) is 4.42. The predicted molar refractivity (Wildman–Crippen MR) is 125 cm³/mol. The first-order valence-corrected chi connectivity index (χ1v) is 12.8. The van der Waals surface area contributed by atoms with E-state index in [2.05, 4.69) is 5.32 Å². The number of nitrogens with one attached hydrogen (secondary N) is 1. The number of piperazine rings is 1. The number of imide groups is 1. The molecule has 0 spiro atoms. The molecule has 186 valence electrons. The molecule has 0 bridgehead atoms. The molecule has 2 aromatic carbocycles. The normalized spacial score (nSPS) is 21.3. The molecule has 1 atom stereocenters. The molecule has 0 aliphatic carbocycles. The van der Waals surface area contributed by atoms with E-state index in [0.29, 0.717) is 5.56 Å². The lowest BCUT2D eigenvalue weighted by atomic mass is 9.87. The third kappa shape index (κ3) is 4.53. The first-order chi connectivity index (χ1) is 16.6. The average Bonchev–Trinajstić information content (AvgIpc) is 3.10. The summed E-state index contributed by atoms with van der Waals surface area (Å²) in [7, 11) is -3.68. The van der Waals surface area contributed by atoms with Gasteiger partial charge in [0.1, 0.15) is 17.9 Å². The summed E-state index contributed by atoms with van der Waals surface area (Å²) < 4.78 is 40.5. The van der Waals surface area contributed by atoms with E-state index in [1.807, 2.05) is 6.92 Å². The molecular weight excluding hydrogens is 475 g/mol. The molecule has 0 aromatic heterocycles. The van der Waals surface area contributed by atoms with E-state index in [4.69, 9.17) is 0 Å². The Labute approximate surface area is 203 Å². The zero-order valence-electron chi connectivity index (χ0n) is 19.5. The molecule has 0 unspecified atom stereocenters. The summed E-state index contributed by atoms with van der Waals surface area (Å²) in [6.45, 7) is 3.64. The van der Waals surface area contributed by atoms with Gasteiger partial charge in [-0.1, -0.05) is 36.8 Å². The van der Waals surface area contributed by atoms with Gasteiger partial charge in [-0.2, -0.15) is 4.31 Å². The van der Waals surface area contributed by atoms with Crippen molar-refractivity contribution in [3.8, 4) is 0 Å². The average molecular weight is 503 g/mol. The van der Waals surface area contributed by atoms with Crippen LogP contribution in [-0.4, -0.2) is 73.1 Å². The van der Waals surface area contributed by atoms with Crippen molar-refractivity contribution in [3.63, 3.8) is 0 Å². The van der Waals surface area contributed by atoms with Gasteiger partial charge in [-0.05, 0) is 43.2 Å². The first kappa shape index (κ1) is 24.8. The number of hydrogen-bond acceptors (Lipinski definition) is 5. The Bertz CT molecular complexity index is 1240. The second kappa shape index (κ2) is 9.38. The third-order valence-corrected chi connectivity index (χ3v) is 8.50. The Morgan fingerprint density at radius 2 is 1.60 bits per heavy atom. The summed E-state index contributed by atoms with van der Waals surface area (Å²) in [5, 5.41) is 2.67. The lowest BCUT2D eigenvalue weighted by Crippen LogP contribution is -2.53. The number of halogens is 1. The Morgan fingerprint density at radius 1 is 1.00 bits per heavy atom. The number of carbonyl (C=O) groups excluding carboxylic acids is 3. The molecule has 2 fully saturated rings. The molecule has 2 aromatic rings. The van der Waals surface area contributed by atoms with E-state index in [-0.39, 0.29) is 37.5 Å². The molecule has 9 nitrogen and oxygen atoms in total. The lowest BCUT2D eigenvalue weighted by Gasteiger charge is -2.34. The van der Waals surface area contributed by atoms with Crippen LogP contribution in [0.3, 0.4) is 0 Å². The highest BCUT2D eigenvalue weighted by Crippen LogP contribution is 2.32. The summed E-state index contributed by atoms with van der Waals surface area (Å²) in [5.41, 5.74) is 0.0160. The molecule has 4 rings (SSSR count). The van der Waals surface area contributed by atoms with Crippen molar-refractivity contribution in [2.24, 2.45) is 0 Å². The van der Waals surface area contributed by atoms with Gasteiger partial charge < -0.3 is 10.2 Å². The molecule has 2 aliphatic rings. The Balaban J connectivity index is 1.41. The number of urea groups is 1. The lowest BCUT2D eigenvalue weighted by molar-refractivity contribution is -0.139. The van der Waals surface area contributed by atoms with Gasteiger partial charge in [-0.15, -0.1) is 0 Å². The van der Waals surface area contributed by atoms with Crippen LogP contribution in [0.15, 0.2) is 53.4 Å². The minimum Gasteiger partial charge on any atom is -0.338 e. The van der Waals surface area contributed by atoms with Crippen LogP contribution < -0.4 is 5.32 Å². The number of hydrogen-bond donors (Lipinski definition) is 1. The summed E-state index contributed by atoms with van der Waals surface area (Å²) in [6, 6.07) is 11.2. The van der Waals surface area contributed by atoms with Gasteiger partial charge in [0.25, 0.3) is 5.91 Å². The highest BCUT2D eigenvalue weighted by atomic mass is 32.2. The van der Waals surface area contributed by atoms with E-state index in [0.717, 1.165) is 10.5 Å². The van der Waals surface area contributed by atoms with Gasteiger partial charge in [0.2, 0.25) is 15.9 Å². The van der Waals surface area contributed by atoms with Crippen LogP contribution in [0.25, 0.3) is 0 Å². The molecule has 1 N–H and O–H groups in total. The summed E-state index contributed by atoms with van der Waals surface area (Å²) in [5.74, 6) is -1.50. The molecule has 4 amide bonds. The molecule has 2 aliphatic heterocycles. The molecule has 2 heterocycles.